The van der Waals surface area contributed by atoms with E-state index in [1.165, 1.54) is 38.5 Å². The molecule has 88 valence electrons. The van der Waals surface area contributed by atoms with Crippen molar-refractivity contribution in [2.75, 3.05) is 7.05 Å². The van der Waals surface area contributed by atoms with E-state index in [2.05, 4.69) is 18.9 Å². The summed E-state index contributed by atoms with van der Waals surface area (Å²) in [6, 6.07) is 1.17. The molecule has 2 saturated carbocycles. The van der Waals surface area contributed by atoms with Crippen LogP contribution in [0.25, 0.3) is 0 Å². The van der Waals surface area contributed by atoms with Gasteiger partial charge in [-0.3, -0.25) is 4.90 Å². The first-order valence-electron chi connectivity index (χ1n) is 6.58. The van der Waals surface area contributed by atoms with E-state index in [1.807, 2.05) is 0 Å². The minimum absolute atomic E-state index is 0.0627. The summed E-state index contributed by atoms with van der Waals surface area (Å²) in [6.45, 7) is 2.37. The van der Waals surface area contributed by atoms with Crippen molar-refractivity contribution in [1.29, 1.82) is 0 Å². The van der Waals surface area contributed by atoms with Crippen molar-refractivity contribution in [3.05, 3.63) is 0 Å². The van der Waals surface area contributed by atoms with Crippen LogP contribution in [0.5, 0.6) is 0 Å². The molecule has 0 heterocycles. The Bertz CT molecular complexity index is 207. The van der Waals surface area contributed by atoms with Crippen LogP contribution in [0.1, 0.15) is 51.9 Å². The minimum Gasteiger partial charge on any atom is -0.391 e. The maximum absolute atomic E-state index is 9.91. The molecule has 0 spiro atoms. The van der Waals surface area contributed by atoms with Crippen LogP contribution in [0.2, 0.25) is 0 Å². The lowest BCUT2D eigenvalue weighted by Crippen LogP contribution is -2.45. The molecular formula is C13H25NO. The van der Waals surface area contributed by atoms with E-state index in [0.717, 1.165) is 18.4 Å². The molecule has 0 aromatic heterocycles. The average Bonchev–Trinajstić information content (AvgIpc) is 2.63. The first-order chi connectivity index (χ1) is 7.18. The van der Waals surface area contributed by atoms with Gasteiger partial charge in [0.05, 0.1) is 6.10 Å². The second-order valence-corrected chi connectivity index (χ2v) is 5.66. The van der Waals surface area contributed by atoms with Crippen molar-refractivity contribution in [1.82, 2.24) is 4.90 Å². The summed E-state index contributed by atoms with van der Waals surface area (Å²) in [7, 11) is 2.22. The zero-order chi connectivity index (χ0) is 10.8. The highest BCUT2D eigenvalue weighted by atomic mass is 16.3. The summed E-state index contributed by atoms with van der Waals surface area (Å²) in [6.07, 6.45) is 8.80. The number of hydrogen-bond acceptors (Lipinski definition) is 2. The van der Waals surface area contributed by atoms with Crippen molar-refractivity contribution >= 4 is 0 Å². The predicted octanol–water partition coefficient (Wildman–Crippen LogP) is 2.41. The highest BCUT2D eigenvalue weighted by Crippen LogP contribution is 2.31. The van der Waals surface area contributed by atoms with Crippen LogP contribution < -0.4 is 0 Å². The van der Waals surface area contributed by atoms with Crippen molar-refractivity contribution < 1.29 is 5.11 Å². The Morgan fingerprint density at radius 3 is 2.40 bits per heavy atom. The smallest absolute Gasteiger partial charge is 0.0695 e. The van der Waals surface area contributed by atoms with E-state index in [4.69, 9.17) is 0 Å². The molecule has 2 aliphatic rings. The van der Waals surface area contributed by atoms with Gasteiger partial charge in [-0.05, 0) is 45.1 Å². The van der Waals surface area contributed by atoms with Crippen LogP contribution in [0.3, 0.4) is 0 Å². The van der Waals surface area contributed by atoms with Gasteiger partial charge in [0.1, 0.15) is 0 Å². The number of aliphatic hydroxyl groups excluding tert-OH is 1. The molecule has 4 atom stereocenters. The third kappa shape index (κ3) is 2.54. The number of likely N-dealkylation sites (N-methyl/N-ethyl adjacent to an activating group) is 1. The summed E-state index contributed by atoms with van der Waals surface area (Å²) in [4.78, 5) is 2.48. The van der Waals surface area contributed by atoms with Crippen molar-refractivity contribution in [3.63, 3.8) is 0 Å². The normalized spacial score (nSPS) is 42.4. The number of hydrogen-bond donors (Lipinski definition) is 1. The van der Waals surface area contributed by atoms with E-state index >= 15 is 0 Å². The van der Waals surface area contributed by atoms with Gasteiger partial charge in [0, 0.05) is 12.1 Å². The van der Waals surface area contributed by atoms with E-state index in [9.17, 15) is 5.11 Å². The summed E-state index contributed by atoms with van der Waals surface area (Å²) >= 11 is 0. The Hall–Kier alpha value is -0.0800. The topological polar surface area (TPSA) is 23.5 Å². The zero-order valence-corrected chi connectivity index (χ0v) is 10.2. The molecule has 0 aliphatic heterocycles. The molecule has 2 unspecified atom stereocenters. The highest BCUT2D eigenvalue weighted by Gasteiger charge is 2.33. The number of rotatable bonds is 2. The lowest BCUT2D eigenvalue weighted by Gasteiger charge is -2.38. The van der Waals surface area contributed by atoms with Gasteiger partial charge in [-0.25, -0.2) is 0 Å². The molecule has 2 rings (SSSR count). The highest BCUT2D eigenvalue weighted by molar-refractivity contribution is 4.88. The molecule has 0 radical (unpaired) electrons. The average molecular weight is 211 g/mol. The standard InChI is InChI=1S/C13H25NO/c1-10-5-3-6-11(9-10)14(2)12-7-4-8-13(12)15/h10-13,15H,3-9H2,1-2H3/t10?,11?,12-,13-/m1/s1. The van der Waals surface area contributed by atoms with Crippen LogP contribution in [0.4, 0.5) is 0 Å². The Balaban J connectivity index is 1.91. The van der Waals surface area contributed by atoms with Gasteiger partial charge >= 0.3 is 0 Å². The Morgan fingerprint density at radius 2 is 1.80 bits per heavy atom. The third-order valence-corrected chi connectivity index (χ3v) is 4.45. The molecule has 0 aromatic rings. The fraction of sp³-hybridized carbons (Fsp3) is 1.00. The summed E-state index contributed by atoms with van der Waals surface area (Å²) in [5.74, 6) is 0.879. The predicted molar refractivity (Wildman–Crippen MR) is 62.8 cm³/mol. The molecule has 0 bridgehead atoms. The van der Waals surface area contributed by atoms with E-state index in [-0.39, 0.29) is 6.10 Å². The minimum atomic E-state index is -0.0627. The maximum atomic E-state index is 9.91. The molecule has 2 fully saturated rings. The van der Waals surface area contributed by atoms with Crippen molar-refractivity contribution in [3.8, 4) is 0 Å². The lowest BCUT2D eigenvalue weighted by molar-refractivity contribution is 0.0431. The van der Waals surface area contributed by atoms with Gasteiger partial charge in [0.15, 0.2) is 0 Å². The quantitative estimate of drug-likeness (QED) is 0.758. The van der Waals surface area contributed by atoms with E-state index in [1.54, 1.807) is 0 Å². The monoisotopic (exact) mass is 211 g/mol. The van der Waals surface area contributed by atoms with E-state index < -0.39 is 0 Å². The largest absolute Gasteiger partial charge is 0.391 e. The Labute approximate surface area is 93.7 Å². The van der Waals surface area contributed by atoms with Gasteiger partial charge in [0.2, 0.25) is 0 Å². The molecule has 2 aliphatic carbocycles. The molecule has 1 N–H and O–H groups in total. The van der Waals surface area contributed by atoms with E-state index in [0.29, 0.717) is 6.04 Å². The van der Waals surface area contributed by atoms with Gasteiger partial charge in [-0.2, -0.15) is 0 Å². The van der Waals surface area contributed by atoms with Crippen LogP contribution in [0, 0.1) is 5.92 Å². The molecule has 0 aromatic carbocycles. The van der Waals surface area contributed by atoms with Gasteiger partial charge in [-0.1, -0.05) is 19.8 Å². The first kappa shape index (κ1) is 11.4. The second-order valence-electron chi connectivity index (χ2n) is 5.66. The molecule has 2 heteroatoms. The summed E-state index contributed by atoms with van der Waals surface area (Å²) < 4.78 is 0. The van der Waals surface area contributed by atoms with Gasteiger partial charge in [-0.15, -0.1) is 0 Å². The lowest BCUT2D eigenvalue weighted by atomic mass is 9.85. The zero-order valence-electron chi connectivity index (χ0n) is 10.2. The second kappa shape index (κ2) is 4.84. The van der Waals surface area contributed by atoms with Gasteiger partial charge in [0.25, 0.3) is 0 Å². The first-order valence-corrected chi connectivity index (χ1v) is 6.58. The third-order valence-electron chi connectivity index (χ3n) is 4.45. The maximum Gasteiger partial charge on any atom is 0.0695 e. The van der Waals surface area contributed by atoms with Crippen LogP contribution in [-0.2, 0) is 0 Å². The van der Waals surface area contributed by atoms with Gasteiger partial charge < -0.3 is 5.11 Å². The fourth-order valence-corrected chi connectivity index (χ4v) is 3.44. The SMILES string of the molecule is CC1CCCC(N(C)[C@@H]2CCC[C@H]2O)C1. The Kier molecular flexibility index (Phi) is 3.68. The van der Waals surface area contributed by atoms with Crippen molar-refractivity contribution in [2.24, 2.45) is 5.92 Å². The molecule has 0 saturated heterocycles. The summed E-state index contributed by atoms with van der Waals surface area (Å²) in [5.41, 5.74) is 0. The number of nitrogens with zero attached hydrogens (tertiary/aromatic N) is 1. The van der Waals surface area contributed by atoms with Crippen LogP contribution in [-0.4, -0.2) is 35.2 Å². The molecule has 15 heavy (non-hydrogen) atoms. The molecule has 0 amide bonds. The Morgan fingerprint density at radius 1 is 1.07 bits per heavy atom. The molecular weight excluding hydrogens is 186 g/mol. The van der Waals surface area contributed by atoms with Crippen molar-refractivity contribution in [2.45, 2.75) is 70.1 Å². The van der Waals surface area contributed by atoms with Crippen LogP contribution in [0.15, 0.2) is 0 Å². The summed E-state index contributed by atoms with van der Waals surface area (Å²) in [5, 5.41) is 9.91. The fourth-order valence-electron chi connectivity index (χ4n) is 3.44. The molecule has 2 nitrogen and oxygen atoms in total. The number of aliphatic hydroxyl groups is 1. The van der Waals surface area contributed by atoms with Crippen LogP contribution >= 0.6 is 0 Å².